The number of halogens is 1. The highest BCUT2D eigenvalue weighted by molar-refractivity contribution is 9.10. The number of aromatic amines is 1. The van der Waals surface area contributed by atoms with Crippen molar-refractivity contribution < 1.29 is 14.3 Å². The van der Waals surface area contributed by atoms with Crippen LogP contribution in [0.1, 0.15) is 17.4 Å². The van der Waals surface area contributed by atoms with E-state index in [-0.39, 0.29) is 0 Å². The quantitative estimate of drug-likeness (QED) is 0.733. The smallest absolute Gasteiger partial charge is 0.356 e. The van der Waals surface area contributed by atoms with Gasteiger partial charge in [0.2, 0.25) is 0 Å². The lowest BCUT2D eigenvalue weighted by atomic mass is 10.1. The second kappa shape index (κ2) is 5.37. The third-order valence-corrected chi connectivity index (χ3v) is 3.86. The maximum absolute atomic E-state index is 11.8. The Labute approximate surface area is 129 Å². The molecule has 0 atom stereocenters. The van der Waals surface area contributed by atoms with Gasteiger partial charge in [0.25, 0.3) is 0 Å². The van der Waals surface area contributed by atoms with Crippen molar-refractivity contribution in [3.63, 3.8) is 0 Å². The van der Waals surface area contributed by atoms with Crippen molar-refractivity contribution in [3.8, 4) is 5.75 Å². The zero-order chi connectivity index (χ0) is 15.0. The molecule has 0 saturated carbocycles. The molecule has 2 aromatic heterocycles. The molecule has 0 aliphatic heterocycles. The highest BCUT2D eigenvalue weighted by Crippen LogP contribution is 2.34. The number of aromatic nitrogens is 2. The summed E-state index contributed by atoms with van der Waals surface area (Å²) < 4.78 is 11.1. The van der Waals surface area contributed by atoms with E-state index in [0.29, 0.717) is 12.3 Å². The van der Waals surface area contributed by atoms with Crippen LogP contribution < -0.4 is 4.74 Å². The zero-order valence-electron chi connectivity index (χ0n) is 11.6. The summed E-state index contributed by atoms with van der Waals surface area (Å²) in [6.45, 7) is 2.10. The first-order valence-corrected chi connectivity index (χ1v) is 7.25. The Balaban J connectivity index is 2.22. The first-order chi connectivity index (χ1) is 10.1. The molecule has 0 unspecified atom stereocenters. The zero-order valence-corrected chi connectivity index (χ0v) is 13.2. The van der Waals surface area contributed by atoms with E-state index < -0.39 is 5.97 Å². The number of ether oxygens (including phenoxy) is 2. The molecule has 6 heteroatoms. The Hall–Kier alpha value is -2.08. The van der Waals surface area contributed by atoms with Crippen LogP contribution in [-0.4, -0.2) is 29.7 Å². The van der Waals surface area contributed by atoms with Crippen LogP contribution in [0.15, 0.2) is 28.9 Å². The number of benzene rings is 1. The molecule has 0 aliphatic carbocycles. The van der Waals surface area contributed by atoms with E-state index in [4.69, 9.17) is 9.47 Å². The molecule has 1 N–H and O–H groups in total. The first kappa shape index (κ1) is 13.9. The van der Waals surface area contributed by atoms with Crippen molar-refractivity contribution in [2.75, 3.05) is 13.7 Å². The Kier molecular flexibility index (Phi) is 3.55. The lowest BCUT2D eigenvalue weighted by Crippen LogP contribution is -2.06. The van der Waals surface area contributed by atoms with Gasteiger partial charge < -0.3 is 14.5 Å². The number of methoxy groups -OCH3 is 1. The normalized spacial score (nSPS) is 11.0. The van der Waals surface area contributed by atoms with Crippen LogP contribution in [0.2, 0.25) is 0 Å². The number of hydrogen-bond donors (Lipinski definition) is 1. The van der Waals surface area contributed by atoms with Crippen molar-refractivity contribution in [2.24, 2.45) is 0 Å². The number of H-pyrrole nitrogens is 1. The molecule has 0 bridgehead atoms. The van der Waals surface area contributed by atoms with Gasteiger partial charge in [-0.2, -0.15) is 0 Å². The molecular formula is C15H13BrN2O3. The summed E-state index contributed by atoms with van der Waals surface area (Å²) in [7, 11) is 1.62. The van der Waals surface area contributed by atoms with Gasteiger partial charge in [-0.05, 0) is 35.0 Å². The number of nitrogens with one attached hydrogen (secondary N) is 1. The third kappa shape index (κ3) is 2.35. The van der Waals surface area contributed by atoms with Crippen molar-refractivity contribution in [3.05, 3.63) is 34.6 Å². The summed E-state index contributed by atoms with van der Waals surface area (Å²) in [6, 6.07) is 5.61. The molecule has 0 saturated heterocycles. The van der Waals surface area contributed by atoms with E-state index in [1.54, 1.807) is 26.3 Å². The number of hydrogen-bond acceptors (Lipinski definition) is 4. The van der Waals surface area contributed by atoms with Crippen molar-refractivity contribution in [1.82, 2.24) is 9.97 Å². The third-order valence-electron chi connectivity index (χ3n) is 3.24. The second-order valence-corrected chi connectivity index (χ2v) is 5.35. The van der Waals surface area contributed by atoms with Gasteiger partial charge in [0.05, 0.1) is 35.4 Å². The number of carbonyl (C=O) groups excluding carboxylic acids is 1. The van der Waals surface area contributed by atoms with Gasteiger partial charge >= 0.3 is 5.97 Å². The molecular weight excluding hydrogens is 336 g/mol. The van der Waals surface area contributed by atoms with Gasteiger partial charge in [-0.15, -0.1) is 0 Å². The van der Waals surface area contributed by atoms with E-state index >= 15 is 0 Å². The number of pyridine rings is 1. The molecule has 5 nitrogen and oxygen atoms in total. The van der Waals surface area contributed by atoms with Crippen molar-refractivity contribution >= 4 is 43.7 Å². The topological polar surface area (TPSA) is 64.2 Å². The van der Waals surface area contributed by atoms with Crippen molar-refractivity contribution in [2.45, 2.75) is 6.92 Å². The molecule has 0 radical (unpaired) electrons. The average Bonchev–Trinajstić information content (AvgIpc) is 2.83. The molecule has 0 fully saturated rings. The Morgan fingerprint density at radius 1 is 1.29 bits per heavy atom. The standard InChI is InChI=1S/C15H13BrN2O3/c1-3-21-15(19)12-5-9-8-4-10(16)14(20-2)6-11(8)18-13(9)7-17-12/h4-7,18H,3H2,1-2H3. The Morgan fingerprint density at radius 2 is 2.05 bits per heavy atom. The molecule has 1 aromatic carbocycles. The van der Waals surface area contributed by atoms with Crippen LogP contribution in [0.5, 0.6) is 5.75 Å². The maximum atomic E-state index is 11.8. The van der Waals surface area contributed by atoms with Crippen LogP contribution in [0, 0.1) is 0 Å². The summed E-state index contributed by atoms with van der Waals surface area (Å²) in [5, 5.41) is 1.91. The number of nitrogens with zero attached hydrogens (tertiary/aromatic N) is 1. The minimum atomic E-state index is -0.415. The summed E-state index contributed by atoms with van der Waals surface area (Å²) in [5.41, 5.74) is 2.09. The van der Waals surface area contributed by atoms with Gasteiger partial charge in [0.15, 0.2) is 0 Å². The second-order valence-electron chi connectivity index (χ2n) is 4.49. The van der Waals surface area contributed by atoms with Crippen LogP contribution in [-0.2, 0) is 4.74 Å². The first-order valence-electron chi connectivity index (χ1n) is 6.46. The van der Waals surface area contributed by atoms with Gasteiger partial charge in [0.1, 0.15) is 11.4 Å². The lowest BCUT2D eigenvalue weighted by molar-refractivity contribution is 0.0520. The molecule has 108 valence electrons. The summed E-state index contributed by atoms with van der Waals surface area (Å²) in [5.74, 6) is 0.328. The van der Waals surface area contributed by atoms with Crippen LogP contribution >= 0.6 is 15.9 Å². The summed E-state index contributed by atoms with van der Waals surface area (Å²) in [4.78, 5) is 19.2. The fraction of sp³-hybridized carbons (Fsp3) is 0.200. The van der Waals surface area contributed by atoms with Crippen molar-refractivity contribution in [1.29, 1.82) is 0 Å². The fourth-order valence-electron chi connectivity index (χ4n) is 2.28. The number of rotatable bonds is 3. The van der Waals surface area contributed by atoms with E-state index in [9.17, 15) is 4.79 Å². The Morgan fingerprint density at radius 3 is 2.76 bits per heavy atom. The highest BCUT2D eigenvalue weighted by Gasteiger charge is 2.13. The minimum Gasteiger partial charge on any atom is -0.495 e. The van der Waals surface area contributed by atoms with E-state index in [2.05, 4.69) is 25.9 Å². The van der Waals surface area contributed by atoms with Crippen LogP contribution in [0.4, 0.5) is 0 Å². The lowest BCUT2D eigenvalue weighted by Gasteiger charge is -2.03. The minimum absolute atomic E-state index is 0.303. The number of fused-ring (bicyclic) bond motifs is 3. The monoisotopic (exact) mass is 348 g/mol. The highest BCUT2D eigenvalue weighted by atomic mass is 79.9. The van der Waals surface area contributed by atoms with E-state index in [0.717, 1.165) is 32.0 Å². The molecule has 2 heterocycles. The van der Waals surface area contributed by atoms with E-state index in [1.165, 1.54) is 0 Å². The molecule has 0 spiro atoms. The Bertz CT molecular complexity index is 842. The fourth-order valence-corrected chi connectivity index (χ4v) is 2.78. The van der Waals surface area contributed by atoms with Crippen LogP contribution in [0.25, 0.3) is 21.8 Å². The van der Waals surface area contributed by atoms with Gasteiger partial charge in [-0.1, -0.05) is 0 Å². The molecule has 0 amide bonds. The molecule has 3 rings (SSSR count). The molecule has 21 heavy (non-hydrogen) atoms. The predicted octanol–water partition coefficient (Wildman–Crippen LogP) is 3.66. The maximum Gasteiger partial charge on any atom is 0.356 e. The number of esters is 1. The van der Waals surface area contributed by atoms with Gasteiger partial charge in [-0.3, -0.25) is 0 Å². The predicted molar refractivity (Wildman–Crippen MR) is 83.8 cm³/mol. The molecule has 0 aliphatic rings. The average molecular weight is 349 g/mol. The van der Waals surface area contributed by atoms with Gasteiger partial charge in [0, 0.05) is 16.8 Å². The number of carbonyl (C=O) groups is 1. The van der Waals surface area contributed by atoms with E-state index in [1.807, 2.05) is 12.1 Å². The van der Waals surface area contributed by atoms with Gasteiger partial charge in [-0.25, -0.2) is 9.78 Å². The summed E-state index contributed by atoms with van der Waals surface area (Å²) in [6.07, 6.45) is 1.64. The molecule has 3 aromatic rings. The summed E-state index contributed by atoms with van der Waals surface area (Å²) >= 11 is 3.47. The SMILES string of the molecule is CCOC(=O)c1cc2c(cn1)[nH]c1cc(OC)c(Br)cc12. The largest absolute Gasteiger partial charge is 0.495 e. The van der Waals surface area contributed by atoms with Crippen LogP contribution in [0.3, 0.4) is 0 Å².